The largest absolute Gasteiger partial charge is 0.462 e. The number of rotatable bonds is 35. The Morgan fingerprint density at radius 2 is 1.02 bits per heavy atom. The molecule has 0 aromatic rings. The predicted molar refractivity (Wildman–Crippen MR) is 202 cm³/mol. The number of hydrogen-bond donors (Lipinski definition) is 2. The van der Waals surface area contributed by atoms with E-state index in [-0.39, 0.29) is 37.7 Å². The van der Waals surface area contributed by atoms with Crippen LogP contribution in [0.2, 0.25) is 0 Å². The fraction of sp³-hybridized carbons (Fsp3) is 0.762. The van der Waals surface area contributed by atoms with E-state index in [4.69, 9.17) is 9.47 Å². The molecule has 0 fully saturated rings. The van der Waals surface area contributed by atoms with E-state index in [2.05, 4.69) is 50.3 Å². The molecule has 6 heteroatoms. The fourth-order valence-corrected chi connectivity index (χ4v) is 5.39. The number of carbonyl (C=O) groups is 2. The summed E-state index contributed by atoms with van der Waals surface area (Å²) in [6, 6.07) is 0. The molecule has 6 nitrogen and oxygen atoms in total. The lowest BCUT2D eigenvalue weighted by Crippen LogP contribution is -2.28. The van der Waals surface area contributed by atoms with Crippen LogP contribution >= 0.6 is 0 Å². The van der Waals surface area contributed by atoms with Crippen LogP contribution in [0.1, 0.15) is 181 Å². The van der Waals surface area contributed by atoms with Gasteiger partial charge in [0.05, 0.1) is 12.7 Å². The quantitative estimate of drug-likeness (QED) is 0.0395. The van der Waals surface area contributed by atoms with Crippen LogP contribution in [0.15, 0.2) is 48.6 Å². The maximum atomic E-state index is 12.1. The van der Waals surface area contributed by atoms with Gasteiger partial charge in [0.15, 0.2) is 6.10 Å². The first kappa shape index (κ1) is 45.8. The van der Waals surface area contributed by atoms with Crippen LogP contribution in [0.5, 0.6) is 0 Å². The van der Waals surface area contributed by atoms with Gasteiger partial charge in [-0.1, -0.05) is 172 Å². The lowest BCUT2D eigenvalue weighted by Gasteiger charge is -2.15. The number of esters is 2. The summed E-state index contributed by atoms with van der Waals surface area (Å²) in [4.78, 5) is 24.2. The highest BCUT2D eigenvalue weighted by molar-refractivity contribution is 5.70. The van der Waals surface area contributed by atoms with Gasteiger partial charge >= 0.3 is 11.9 Å². The van der Waals surface area contributed by atoms with Crippen molar-refractivity contribution < 1.29 is 29.3 Å². The molecule has 278 valence electrons. The van der Waals surface area contributed by atoms with Crippen molar-refractivity contribution in [2.75, 3.05) is 13.2 Å². The van der Waals surface area contributed by atoms with Gasteiger partial charge < -0.3 is 19.7 Å². The number of hydrogen-bond acceptors (Lipinski definition) is 6. The Kier molecular flexibility index (Phi) is 35.9. The molecule has 0 spiro atoms. The van der Waals surface area contributed by atoms with E-state index >= 15 is 0 Å². The van der Waals surface area contributed by atoms with Crippen LogP contribution in [0.3, 0.4) is 0 Å². The summed E-state index contributed by atoms with van der Waals surface area (Å²) in [6.45, 7) is 3.94. The molecule has 0 aromatic carbocycles. The van der Waals surface area contributed by atoms with Gasteiger partial charge in [0.25, 0.3) is 0 Å². The molecule has 0 aliphatic heterocycles. The number of ether oxygens (including phenoxy) is 2. The highest BCUT2D eigenvalue weighted by Gasteiger charge is 2.16. The fourth-order valence-electron chi connectivity index (χ4n) is 5.39. The topological polar surface area (TPSA) is 93.1 Å². The van der Waals surface area contributed by atoms with E-state index in [9.17, 15) is 19.8 Å². The van der Waals surface area contributed by atoms with Crippen molar-refractivity contribution in [3.8, 4) is 0 Å². The van der Waals surface area contributed by atoms with E-state index in [0.29, 0.717) is 12.8 Å². The zero-order valence-corrected chi connectivity index (χ0v) is 31.1. The maximum absolute atomic E-state index is 12.1. The van der Waals surface area contributed by atoms with Crippen LogP contribution in [-0.2, 0) is 19.1 Å². The lowest BCUT2D eigenvalue weighted by atomic mass is 10.0. The predicted octanol–water partition coefficient (Wildman–Crippen LogP) is 11.2. The van der Waals surface area contributed by atoms with Crippen molar-refractivity contribution >= 4 is 11.9 Å². The molecule has 0 aliphatic carbocycles. The zero-order valence-electron chi connectivity index (χ0n) is 31.1. The van der Waals surface area contributed by atoms with Gasteiger partial charge in [-0.3, -0.25) is 9.59 Å². The van der Waals surface area contributed by atoms with Gasteiger partial charge in [0.1, 0.15) is 6.61 Å². The van der Waals surface area contributed by atoms with E-state index in [0.717, 1.165) is 64.2 Å². The summed E-state index contributed by atoms with van der Waals surface area (Å²) in [5, 5.41) is 19.3. The summed E-state index contributed by atoms with van der Waals surface area (Å²) in [5.41, 5.74) is 0. The number of allylic oxidation sites excluding steroid dienone is 7. The monoisotopic (exact) mass is 675 g/mol. The number of aliphatic hydroxyl groups excluding tert-OH is 2. The van der Waals surface area contributed by atoms with Crippen LogP contribution in [0.4, 0.5) is 0 Å². The molecule has 2 N–H and O–H groups in total. The smallest absolute Gasteiger partial charge is 0.306 e. The molecule has 0 radical (unpaired) electrons. The second kappa shape index (κ2) is 37.6. The third-order valence-electron chi connectivity index (χ3n) is 8.45. The summed E-state index contributed by atoms with van der Waals surface area (Å²) in [6.07, 6.45) is 43.7. The Hall–Kier alpha value is -2.18. The zero-order chi connectivity index (χ0) is 35.2. The molecule has 0 bridgehead atoms. The van der Waals surface area contributed by atoms with Crippen LogP contribution in [0, 0.1) is 0 Å². The van der Waals surface area contributed by atoms with E-state index < -0.39 is 6.10 Å². The first-order valence-corrected chi connectivity index (χ1v) is 19.8. The van der Waals surface area contributed by atoms with Crippen LogP contribution in [0.25, 0.3) is 0 Å². The van der Waals surface area contributed by atoms with Crippen molar-refractivity contribution in [1.29, 1.82) is 0 Å². The first-order chi connectivity index (χ1) is 23.5. The highest BCUT2D eigenvalue weighted by atomic mass is 16.6. The van der Waals surface area contributed by atoms with E-state index in [1.165, 1.54) is 83.5 Å². The average molecular weight is 675 g/mol. The SMILES string of the molecule is CCCCCCCCCCCCCCCCCCC(=O)OC[C@H](CO)OC(=O)CCC/C=C\C/C=C\C/C=C\C/C=C\[C@H](O)CCCC. The third-order valence-corrected chi connectivity index (χ3v) is 8.45. The normalized spacial score (nSPS) is 13.3. The Labute approximate surface area is 295 Å². The second-order valence-electron chi connectivity index (χ2n) is 13.2. The van der Waals surface area contributed by atoms with Crippen LogP contribution < -0.4 is 0 Å². The summed E-state index contributed by atoms with van der Waals surface area (Å²) in [7, 11) is 0. The molecule has 0 rings (SSSR count). The van der Waals surface area contributed by atoms with Crippen LogP contribution in [-0.4, -0.2) is 47.6 Å². The van der Waals surface area contributed by atoms with Crippen molar-refractivity contribution in [3.05, 3.63) is 48.6 Å². The number of aliphatic hydroxyl groups is 2. The van der Waals surface area contributed by atoms with Crippen molar-refractivity contribution in [3.63, 3.8) is 0 Å². The Morgan fingerprint density at radius 3 is 1.54 bits per heavy atom. The van der Waals surface area contributed by atoms with Gasteiger partial charge in [-0.25, -0.2) is 0 Å². The summed E-state index contributed by atoms with van der Waals surface area (Å²) in [5.74, 6) is -0.676. The third kappa shape index (κ3) is 35.1. The minimum Gasteiger partial charge on any atom is -0.462 e. The molecule has 0 saturated heterocycles. The van der Waals surface area contributed by atoms with Crippen molar-refractivity contribution in [1.82, 2.24) is 0 Å². The molecule has 0 saturated carbocycles. The van der Waals surface area contributed by atoms with Gasteiger partial charge in [-0.2, -0.15) is 0 Å². The Balaban J connectivity index is 3.68. The number of unbranched alkanes of at least 4 members (excludes halogenated alkanes) is 17. The highest BCUT2D eigenvalue weighted by Crippen LogP contribution is 2.14. The molecule has 0 amide bonds. The van der Waals surface area contributed by atoms with E-state index in [1.54, 1.807) is 0 Å². The standard InChI is InChI=1S/C42H74O6/c1-3-5-7-8-9-10-11-12-13-14-15-19-22-25-28-31-35-41(45)47-38-40(37-43)48-42(46)36-32-29-26-23-20-17-16-18-21-24-27-30-34-39(44)33-6-4-2/h16-17,21,23-24,26,30,34,39-40,43-44H,3-15,18-20,22,25,27-29,31-33,35-38H2,1-2H3/b17-16-,24-21-,26-23-,34-30-/t39-,40+/m1/s1. The minimum absolute atomic E-state index is 0.0970. The molecule has 2 atom stereocenters. The van der Waals surface area contributed by atoms with E-state index in [1.807, 2.05) is 12.2 Å². The average Bonchev–Trinajstić information content (AvgIpc) is 3.08. The summed E-state index contributed by atoms with van der Waals surface area (Å²) >= 11 is 0. The van der Waals surface area contributed by atoms with Crippen molar-refractivity contribution in [2.45, 2.75) is 193 Å². The molecule has 0 aliphatic rings. The summed E-state index contributed by atoms with van der Waals surface area (Å²) < 4.78 is 10.5. The first-order valence-electron chi connectivity index (χ1n) is 19.8. The lowest BCUT2D eigenvalue weighted by molar-refractivity contribution is -0.161. The van der Waals surface area contributed by atoms with Gasteiger partial charge in [-0.05, 0) is 44.9 Å². The van der Waals surface area contributed by atoms with Gasteiger partial charge in [0.2, 0.25) is 0 Å². The van der Waals surface area contributed by atoms with Gasteiger partial charge in [-0.15, -0.1) is 0 Å². The molecule has 48 heavy (non-hydrogen) atoms. The molecular formula is C42H74O6. The van der Waals surface area contributed by atoms with Crippen molar-refractivity contribution in [2.24, 2.45) is 0 Å². The maximum Gasteiger partial charge on any atom is 0.306 e. The molecule has 0 unspecified atom stereocenters. The Morgan fingerprint density at radius 1 is 0.562 bits per heavy atom. The Bertz CT molecular complexity index is 830. The molecule has 0 heterocycles. The minimum atomic E-state index is -0.810. The molecule has 0 aromatic heterocycles. The molecular weight excluding hydrogens is 600 g/mol. The van der Waals surface area contributed by atoms with Gasteiger partial charge in [0, 0.05) is 12.8 Å². The number of carbonyl (C=O) groups excluding carboxylic acids is 2. The second-order valence-corrected chi connectivity index (χ2v) is 13.2.